The number of ether oxygens (including phenoxy) is 1. The molecule has 20 heavy (non-hydrogen) atoms. The van der Waals surface area contributed by atoms with Crippen molar-refractivity contribution in [3.63, 3.8) is 0 Å². The third-order valence-electron chi connectivity index (χ3n) is 2.78. The summed E-state index contributed by atoms with van der Waals surface area (Å²) >= 11 is 9.56. The Bertz CT molecular complexity index is 586. The number of benzene rings is 2. The number of rotatable bonds is 5. The van der Waals surface area contributed by atoms with Crippen molar-refractivity contribution >= 4 is 27.5 Å². The standard InChI is InChI=1S/C16H17BrClNO/c1-11(2)19-10-12-9-13(18)7-8-15(12)20-16-6-4-3-5-14(16)17/h3-9,11,19H,10H2,1-2H3. The van der Waals surface area contributed by atoms with Crippen molar-refractivity contribution in [1.29, 1.82) is 0 Å². The number of hydrogen-bond donors (Lipinski definition) is 1. The summed E-state index contributed by atoms with van der Waals surface area (Å²) in [6.45, 7) is 4.94. The molecule has 4 heteroatoms. The van der Waals surface area contributed by atoms with E-state index in [1.807, 2.05) is 42.5 Å². The van der Waals surface area contributed by atoms with Crippen LogP contribution in [0.5, 0.6) is 11.5 Å². The van der Waals surface area contributed by atoms with Crippen LogP contribution in [0.15, 0.2) is 46.9 Å². The molecule has 0 bridgehead atoms. The first-order chi connectivity index (χ1) is 9.56. The van der Waals surface area contributed by atoms with Crippen molar-refractivity contribution in [2.45, 2.75) is 26.4 Å². The van der Waals surface area contributed by atoms with Crippen LogP contribution >= 0.6 is 27.5 Å². The van der Waals surface area contributed by atoms with Crippen LogP contribution < -0.4 is 10.1 Å². The van der Waals surface area contributed by atoms with E-state index in [0.717, 1.165) is 28.1 Å². The van der Waals surface area contributed by atoms with Crippen LogP contribution in [0.1, 0.15) is 19.4 Å². The Balaban J connectivity index is 2.24. The lowest BCUT2D eigenvalue weighted by atomic mass is 10.2. The SMILES string of the molecule is CC(C)NCc1cc(Cl)ccc1Oc1ccccc1Br. The first kappa shape index (κ1) is 15.4. The van der Waals surface area contributed by atoms with E-state index >= 15 is 0 Å². The lowest BCUT2D eigenvalue weighted by Crippen LogP contribution is -2.22. The highest BCUT2D eigenvalue weighted by atomic mass is 79.9. The van der Waals surface area contributed by atoms with Crippen LogP contribution in [0.25, 0.3) is 0 Å². The second kappa shape index (κ2) is 7.11. The van der Waals surface area contributed by atoms with Crippen molar-refractivity contribution in [2.75, 3.05) is 0 Å². The zero-order valence-corrected chi connectivity index (χ0v) is 13.8. The molecule has 0 atom stereocenters. The van der Waals surface area contributed by atoms with E-state index in [1.54, 1.807) is 0 Å². The maximum absolute atomic E-state index is 6.07. The van der Waals surface area contributed by atoms with Crippen molar-refractivity contribution in [1.82, 2.24) is 5.32 Å². The monoisotopic (exact) mass is 353 g/mol. The Kier molecular flexibility index (Phi) is 5.46. The Morgan fingerprint density at radius 3 is 2.60 bits per heavy atom. The molecule has 0 fully saturated rings. The molecule has 106 valence electrons. The molecular formula is C16H17BrClNO. The fourth-order valence-corrected chi connectivity index (χ4v) is 2.31. The molecule has 0 radical (unpaired) electrons. The summed E-state index contributed by atoms with van der Waals surface area (Å²) in [6, 6.07) is 13.9. The molecule has 1 N–H and O–H groups in total. The zero-order valence-electron chi connectivity index (χ0n) is 11.5. The largest absolute Gasteiger partial charge is 0.456 e. The van der Waals surface area contributed by atoms with Gasteiger partial charge in [-0.15, -0.1) is 0 Å². The Morgan fingerprint density at radius 2 is 1.90 bits per heavy atom. The molecule has 2 nitrogen and oxygen atoms in total. The number of hydrogen-bond acceptors (Lipinski definition) is 2. The van der Waals surface area contributed by atoms with Gasteiger partial charge in [-0.1, -0.05) is 37.6 Å². The summed E-state index contributed by atoms with van der Waals surface area (Å²) in [7, 11) is 0. The minimum absolute atomic E-state index is 0.408. The Labute approximate surface area is 133 Å². The van der Waals surface area contributed by atoms with Crippen LogP contribution in [-0.4, -0.2) is 6.04 Å². The normalized spacial score (nSPS) is 10.8. The average Bonchev–Trinajstić information content (AvgIpc) is 2.41. The first-order valence-electron chi connectivity index (χ1n) is 6.50. The van der Waals surface area contributed by atoms with Crippen LogP contribution in [0.3, 0.4) is 0 Å². The van der Waals surface area contributed by atoms with Crippen molar-refractivity contribution in [3.8, 4) is 11.5 Å². The van der Waals surface area contributed by atoms with Crippen molar-refractivity contribution in [2.24, 2.45) is 0 Å². The predicted octanol–water partition coefficient (Wildman–Crippen LogP) is 5.39. The van der Waals surface area contributed by atoms with Gasteiger partial charge in [0.05, 0.1) is 4.47 Å². The minimum Gasteiger partial charge on any atom is -0.456 e. The Hall–Kier alpha value is -1.03. The summed E-state index contributed by atoms with van der Waals surface area (Å²) in [5.41, 5.74) is 1.04. The Morgan fingerprint density at radius 1 is 1.15 bits per heavy atom. The molecule has 0 aromatic heterocycles. The highest BCUT2D eigenvalue weighted by Crippen LogP contribution is 2.32. The molecule has 0 heterocycles. The number of para-hydroxylation sites is 1. The van der Waals surface area contributed by atoms with E-state index in [0.29, 0.717) is 11.1 Å². The van der Waals surface area contributed by atoms with Crippen LogP contribution in [0.4, 0.5) is 0 Å². The molecule has 0 aliphatic heterocycles. The summed E-state index contributed by atoms with van der Waals surface area (Å²) in [4.78, 5) is 0. The summed E-state index contributed by atoms with van der Waals surface area (Å²) in [6.07, 6.45) is 0. The minimum atomic E-state index is 0.408. The quantitative estimate of drug-likeness (QED) is 0.777. The molecule has 0 spiro atoms. The van der Waals surface area contributed by atoms with Crippen LogP contribution in [0.2, 0.25) is 5.02 Å². The van der Waals surface area contributed by atoms with Gasteiger partial charge in [-0.2, -0.15) is 0 Å². The van der Waals surface area contributed by atoms with Gasteiger partial charge in [-0.3, -0.25) is 0 Å². The second-order valence-corrected chi connectivity index (χ2v) is 6.11. The van der Waals surface area contributed by atoms with E-state index in [1.165, 1.54) is 0 Å². The maximum atomic E-state index is 6.07. The second-order valence-electron chi connectivity index (χ2n) is 4.82. The smallest absolute Gasteiger partial charge is 0.141 e. The topological polar surface area (TPSA) is 21.3 Å². The van der Waals surface area contributed by atoms with Gasteiger partial charge in [0.15, 0.2) is 0 Å². The van der Waals surface area contributed by atoms with Crippen LogP contribution in [-0.2, 0) is 6.54 Å². The first-order valence-corrected chi connectivity index (χ1v) is 7.67. The molecule has 0 saturated heterocycles. The average molecular weight is 355 g/mol. The van der Waals surface area contributed by atoms with Crippen LogP contribution in [0, 0.1) is 0 Å². The third-order valence-corrected chi connectivity index (χ3v) is 3.67. The molecule has 2 aromatic rings. The van der Waals surface area contributed by atoms with E-state index in [2.05, 4.69) is 35.1 Å². The van der Waals surface area contributed by atoms with Gasteiger partial charge in [0.2, 0.25) is 0 Å². The zero-order chi connectivity index (χ0) is 14.5. The van der Waals surface area contributed by atoms with Gasteiger partial charge in [0.25, 0.3) is 0 Å². The van der Waals surface area contributed by atoms with Crippen molar-refractivity contribution < 1.29 is 4.74 Å². The van der Waals surface area contributed by atoms with E-state index < -0.39 is 0 Å². The van der Waals surface area contributed by atoms with Gasteiger partial charge < -0.3 is 10.1 Å². The van der Waals surface area contributed by atoms with Gasteiger partial charge in [0, 0.05) is 23.2 Å². The highest BCUT2D eigenvalue weighted by molar-refractivity contribution is 9.10. The predicted molar refractivity (Wildman–Crippen MR) is 87.6 cm³/mol. The van der Waals surface area contributed by atoms with Gasteiger partial charge in [0.1, 0.15) is 11.5 Å². The lowest BCUT2D eigenvalue weighted by Gasteiger charge is -2.14. The van der Waals surface area contributed by atoms with Gasteiger partial charge in [-0.25, -0.2) is 0 Å². The summed E-state index contributed by atoms with van der Waals surface area (Å²) in [5, 5.41) is 4.09. The molecule has 2 rings (SSSR count). The van der Waals surface area contributed by atoms with E-state index in [9.17, 15) is 0 Å². The molecule has 0 amide bonds. The summed E-state index contributed by atoms with van der Waals surface area (Å²) in [5.74, 6) is 1.61. The van der Waals surface area contributed by atoms with Gasteiger partial charge in [-0.05, 0) is 46.3 Å². The molecule has 2 aromatic carbocycles. The fraction of sp³-hybridized carbons (Fsp3) is 0.250. The lowest BCUT2D eigenvalue weighted by molar-refractivity contribution is 0.467. The third kappa shape index (κ3) is 4.23. The number of halogens is 2. The maximum Gasteiger partial charge on any atom is 0.141 e. The highest BCUT2D eigenvalue weighted by Gasteiger charge is 2.08. The molecular weight excluding hydrogens is 338 g/mol. The van der Waals surface area contributed by atoms with E-state index in [4.69, 9.17) is 16.3 Å². The molecule has 0 aliphatic carbocycles. The molecule has 0 unspecified atom stereocenters. The van der Waals surface area contributed by atoms with Gasteiger partial charge >= 0.3 is 0 Å². The molecule has 0 aliphatic rings. The summed E-state index contributed by atoms with van der Waals surface area (Å²) < 4.78 is 6.91. The number of nitrogens with one attached hydrogen (secondary N) is 1. The van der Waals surface area contributed by atoms with Crippen molar-refractivity contribution in [3.05, 3.63) is 57.5 Å². The molecule has 0 saturated carbocycles. The fourth-order valence-electron chi connectivity index (χ4n) is 1.75. The van der Waals surface area contributed by atoms with E-state index in [-0.39, 0.29) is 0 Å².